The Bertz CT molecular complexity index is 910. The third-order valence-electron chi connectivity index (χ3n) is 8.72. The number of allylic oxidation sites excluding steroid dienone is 4. The van der Waals surface area contributed by atoms with Crippen LogP contribution in [0.3, 0.4) is 0 Å². The number of alkyl halides is 1. The molecule has 0 saturated heterocycles. The van der Waals surface area contributed by atoms with Gasteiger partial charge >= 0.3 is 12.1 Å². The Morgan fingerprint density at radius 1 is 1.27 bits per heavy atom. The minimum atomic E-state index is -1.58. The normalized spacial score (nSPS) is 41.5. The summed E-state index contributed by atoms with van der Waals surface area (Å²) in [5, 5.41) is 11.5. The van der Waals surface area contributed by atoms with E-state index in [0.29, 0.717) is 6.42 Å². The van der Waals surface area contributed by atoms with Gasteiger partial charge in [0.05, 0.1) is 12.2 Å². The summed E-state index contributed by atoms with van der Waals surface area (Å²) in [6, 6.07) is -0.358. The van der Waals surface area contributed by atoms with Crippen molar-refractivity contribution >= 4 is 29.5 Å². The van der Waals surface area contributed by atoms with Crippen LogP contribution < -0.4 is 0 Å². The van der Waals surface area contributed by atoms with E-state index in [2.05, 4.69) is 6.92 Å². The second kappa shape index (κ2) is 8.42. The Hall–Kier alpha value is -1.86. The monoisotopic (exact) mass is 480 g/mol. The number of carbonyl (C=O) groups is 3. The first-order valence-electron chi connectivity index (χ1n) is 11.7. The fourth-order valence-corrected chi connectivity index (χ4v) is 7.48. The lowest BCUT2D eigenvalue weighted by Gasteiger charge is -2.59. The standard InChI is InChI=1S/C25H33ClO7/c1-14(2)32-22(30)33-25(21(29)31-13-26)10-8-18-17-6-5-15-11-16(27)7-9-23(15,3)20(17)19(28)12-24(18,25)4/h7,9,11,14,17-20,28H,5-6,8,10,12-13H2,1-4H3/t17-,18-,19-,20+,23-,24-,25-/m0/s1. The minimum Gasteiger partial charge on any atom is -0.446 e. The first-order valence-corrected chi connectivity index (χ1v) is 12.3. The molecule has 0 aromatic carbocycles. The SMILES string of the molecule is CC(C)OC(=O)O[C@]1(C(=O)OCCl)CC[C@H]2[C@@H]3CCC4=CC(=O)C=C[C@]4(C)[C@H]3[C@@H](O)C[C@@]21C. The lowest BCUT2D eigenvalue weighted by Crippen LogP contribution is -2.62. The van der Waals surface area contributed by atoms with Crippen LogP contribution in [-0.2, 0) is 23.8 Å². The van der Waals surface area contributed by atoms with Crippen molar-refractivity contribution in [2.45, 2.75) is 77.6 Å². The van der Waals surface area contributed by atoms with Crippen LogP contribution in [0.5, 0.6) is 0 Å². The van der Waals surface area contributed by atoms with Crippen molar-refractivity contribution in [3.63, 3.8) is 0 Å². The Morgan fingerprint density at radius 2 is 2.00 bits per heavy atom. The molecule has 0 bridgehead atoms. The van der Waals surface area contributed by atoms with E-state index < -0.39 is 40.8 Å². The molecular formula is C25H33ClO7. The van der Waals surface area contributed by atoms with Gasteiger partial charge in [0.15, 0.2) is 11.8 Å². The fraction of sp³-hybridized carbons (Fsp3) is 0.720. The van der Waals surface area contributed by atoms with E-state index in [0.717, 1.165) is 18.4 Å². The molecule has 0 aromatic rings. The molecule has 4 rings (SSSR count). The number of carbonyl (C=O) groups excluding carboxylic acids is 3. The topological polar surface area (TPSA) is 99.1 Å². The molecule has 3 saturated carbocycles. The summed E-state index contributed by atoms with van der Waals surface area (Å²) in [7, 11) is 0. The number of fused-ring (bicyclic) bond motifs is 5. The van der Waals surface area contributed by atoms with Gasteiger partial charge in [-0.15, -0.1) is 0 Å². The Kier molecular flexibility index (Phi) is 6.19. The van der Waals surface area contributed by atoms with Crippen LogP contribution in [-0.4, -0.2) is 46.9 Å². The summed E-state index contributed by atoms with van der Waals surface area (Å²) >= 11 is 5.72. The summed E-state index contributed by atoms with van der Waals surface area (Å²) in [5.74, 6) is -0.696. The molecule has 0 spiro atoms. The predicted octanol–water partition coefficient (Wildman–Crippen LogP) is 4.31. The summed E-state index contributed by atoms with van der Waals surface area (Å²) in [6.07, 6.45) is 5.88. The van der Waals surface area contributed by atoms with E-state index in [9.17, 15) is 19.5 Å². The number of halogens is 1. The van der Waals surface area contributed by atoms with Crippen molar-refractivity contribution in [2.24, 2.45) is 28.6 Å². The molecule has 1 N–H and O–H groups in total. The highest BCUT2D eigenvalue weighted by molar-refractivity contribution is 6.17. The molecule has 0 heterocycles. The van der Waals surface area contributed by atoms with Crippen molar-refractivity contribution in [1.82, 2.24) is 0 Å². The molecule has 0 amide bonds. The second-order valence-electron chi connectivity index (χ2n) is 10.6. The smallest absolute Gasteiger partial charge is 0.446 e. The molecule has 4 aliphatic carbocycles. The molecule has 182 valence electrons. The summed E-state index contributed by atoms with van der Waals surface area (Å²) < 4.78 is 16.2. The molecule has 7 atom stereocenters. The quantitative estimate of drug-likeness (QED) is 0.473. The molecular weight excluding hydrogens is 448 g/mol. The van der Waals surface area contributed by atoms with E-state index in [4.69, 9.17) is 25.8 Å². The molecule has 33 heavy (non-hydrogen) atoms. The largest absolute Gasteiger partial charge is 0.509 e. The second-order valence-corrected chi connectivity index (χ2v) is 10.9. The van der Waals surface area contributed by atoms with E-state index in [-0.39, 0.29) is 42.4 Å². The van der Waals surface area contributed by atoms with E-state index in [1.807, 2.05) is 13.0 Å². The van der Waals surface area contributed by atoms with Gasteiger partial charge in [0.1, 0.15) is 0 Å². The van der Waals surface area contributed by atoms with Crippen LogP contribution in [0, 0.1) is 28.6 Å². The molecule has 4 aliphatic rings. The fourth-order valence-electron chi connectivity index (χ4n) is 7.38. The van der Waals surface area contributed by atoms with Gasteiger partial charge in [-0.3, -0.25) is 4.79 Å². The Balaban J connectivity index is 1.72. The number of ketones is 1. The van der Waals surface area contributed by atoms with Gasteiger partial charge in [-0.2, -0.15) is 0 Å². The van der Waals surface area contributed by atoms with E-state index in [1.165, 1.54) is 0 Å². The molecule has 8 heteroatoms. The van der Waals surface area contributed by atoms with E-state index in [1.54, 1.807) is 26.0 Å². The molecule has 0 radical (unpaired) electrons. The summed E-state index contributed by atoms with van der Waals surface area (Å²) in [4.78, 5) is 37.8. The number of aliphatic hydroxyl groups is 1. The summed E-state index contributed by atoms with van der Waals surface area (Å²) in [5.41, 5.74) is -1.79. The first kappa shape index (κ1) is 24.3. The van der Waals surface area contributed by atoms with Crippen LogP contribution in [0.15, 0.2) is 23.8 Å². The zero-order chi connectivity index (χ0) is 24.2. The van der Waals surface area contributed by atoms with Gasteiger partial charge in [-0.25, -0.2) is 9.59 Å². The van der Waals surface area contributed by atoms with Crippen molar-refractivity contribution in [2.75, 3.05) is 6.07 Å². The summed E-state index contributed by atoms with van der Waals surface area (Å²) in [6.45, 7) is 7.41. The van der Waals surface area contributed by atoms with Gasteiger partial charge in [-0.1, -0.05) is 37.1 Å². The predicted molar refractivity (Wildman–Crippen MR) is 120 cm³/mol. The van der Waals surface area contributed by atoms with Gasteiger partial charge in [0.2, 0.25) is 5.60 Å². The van der Waals surface area contributed by atoms with Crippen molar-refractivity contribution in [3.8, 4) is 0 Å². The third kappa shape index (κ3) is 3.63. The minimum absolute atomic E-state index is 0.0168. The lowest BCUT2D eigenvalue weighted by molar-refractivity contribution is -0.200. The molecule has 0 unspecified atom stereocenters. The van der Waals surface area contributed by atoms with Crippen molar-refractivity contribution in [1.29, 1.82) is 0 Å². The Labute approximate surface area is 199 Å². The molecule has 0 aromatic heterocycles. The van der Waals surface area contributed by atoms with Crippen LogP contribution in [0.4, 0.5) is 4.79 Å². The number of rotatable bonds is 4. The number of esters is 1. The average molecular weight is 481 g/mol. The first-order chi connectivity index (χ1) is 15.5. The maximum Gasteiger partial charge on any atom is 0.509 e. The highest BCUT2D eigenvalue weighted by atomic mass is 35.5. The van der Waals surface area contributed by atoms with Gasteiger partial charge in [0, 0.05) is 16.7 Å². The lowest BCUT2D eigenvalue weighted by atomic mass is 9.46. The molecule has 7 nitrogen and oxygen atoms in total. The van der Waals surface area contributed by atoms with Crippen molar-refractivity contribution < 1.29 is 33.7 Å². The van der Waals surface area contributed by atoms with Gasteiger partial charge in [-0.05, 0) is 69.9 Å². The number of hydrogen-bond acceptors (Lipinski definition) is 7. The molecule has 0 aliphatic heterocycles. The van der Waals surface area contributed by atoms with Crippen molar-refractivity contribution in [3.05, 3.63) is 23.8 Å². The van der Waals surface area contributed by atoms with Gasteiger partial charge < -0.3 is 19.3 Å². The van der Waals surface area contributed by atoms with Crippen LogP contribution in [0.25, 0.3) is 0 Å². The van der Waals surface area contributed by atoms with Gasteiger partial charge in [0.25, 0.3) is 0 Å². The average Bonchev–Trinajstić information content (AvgIpc) is 3.00. The number of ether oxygens (including phenoxy) is 3. The maximum atomic E-state index is 13.3. The number of aliphatic hydroxyl groups excluding tert-OH is 1. The highest BCUT2D eigenvalue weighted by Crippen LogP contribution is 2.68. The Morgan fingerprint density at radius 3 is 2.67 bits per heavy atom. The highest BCUT2D eigenvalue weighted by Gasteiger charge is 2.71. The molecule has 3 fully saturated rings. The maximum absolute atomic E-state index is 13.3. The van der Waals surface area contributed by atoms with Crippen LogP contribution in [0.1, 0.15) is 59.8 Å². The zero-order valence-corrected chi connectivity index (χ0v) is 20.4. The van der Waals surface area contributed by atoms with Crippen LogP contribution in [0.2, 0.25) is 0 Å². The van der Waals surface area contributed by atoms with E-state index >= 15 is 0 Å². The third-order valence-corrected chi connectivity index (χ3v) is 8.83. The number of hydrogen-bond donors (Lipinski definition) is 1. The van der Waals surface area contributed by atoms with Crippen LogP contribution >= 0.6 is 11.6 Å². The zero-order valence-electron chi connectivity index (χ0n) is 19.6.